The minimum absolute atomic E-state index is 0.0167. The standard InChI is InChI=1S/C18H19N3OS2/c1-3-14-9-15(12(2)21-18(14)22)16-6-7-17(23-16)24-20-11-13-5-4-8-19-10-13/h4-10,20H,3,11H2,1-2H3,(H,21,22). The van der Waals surface area contributed by atoms with Crippen molar-refractivity contribution in [2.75, 3.05) is 0 Å². The van der Waals surface area contributed by atoms with Crippen molar-refractivity contribution in [3.05, 3.63) is 69.9 Å². The monoisotopic (exact) mass is 357 g/mol. The number of hydrogen-bond acceptors (Lipinski definition) is 5. The van der Waals surface area contributed by atoms with Gasteiger partial charge in [0.15, 0.2) is 0 Å². The average molecular weight is 358 g/mol. The van der Waals surface area contributed by atoms with Gasteiger partial charge in [0.2, 0.25) is 0 Å². The van der Waals surface area contributed by atoms with Crippen molar-refractivity contribution in [3.8, 4) is 10.4 Å². The fourth-order valence-corrected chi connectivity index (χ4v) is 4.34. The summed E-state index contributed by atoms with van der Waals surface area (Å²) in [5, 5.41) is 0. The summed E-state index contributed by atoms with van der Waals surface area (Å²) in [4.78, 5) is 20.1. The Morgan fingerprint density at radius 3 is 2.96 bits per heavy atom. The number of nitrogens with one attached hydrogen (secondary N) is 2. The van der Waals surface area contributed by atoms with Crippen LogP contribution in [0.5, 0.6) is 0 Å². The summed E-state index contributed by atoms with van der Waals surface area (Å²) in [5.74, 6) is 0. The Morgan fingerprint density at radius 1 is 1.33 bits per heavy atom. The molecule has 3 rings (SSSR count). The molecule has 0 bridgehead atoms. The lowest BCUT2D eigenvalue weighted by Crippen LogP contribution is -2.13. The van der Waals surface area contributed by atoms with Crippen molar-refractivity contribution in [2.24, 2.45) is 0 Å². The van der Waals surface area contributed by atoms with E-state index >= 15 is 0 Å². The molecule has 0 amide bonds. The maximum Gasteiger partial charge on any atom is 0.251 e. The van der Waals surface area contributed by atoms with E-state index in [0.717, 1.165) is 35.3 Å². The van der Waals surface area contributed by atoms with Gasteiger partial charge in [0.05, 0.1) is 4.21 Å². The molecule has 0 aromatic carbocycles. The van der Waals surface area contributed by atoms with E-state index in [1.54, 1.807) is 29.5 Å². The normalized spacial score (nSPS) is 10.9. The van der Waals surface area contributed by atoms with E-state index in [0.29, 0.717) is 0 Å². The predicted octanol–water partition coefficient (Wildman–Crippen LogP) is 4.17. The van der Waals surface area contributed by atoms with Crippen LogP contribution in [0.4, 0.5) is 0 Å². The van der Waals surface area contributed by atoms with Gasteiger partial charge in [0.1, 0.15) is 0 Å². The Hall–Kier alpha value is -1.89. The van der Waals surface area contributed by atoms with Gasteiger partial charge in [-0.15, -0.1) is 11.3 Å². The molecule has 0 fully saturated rings. The maximum atomic E-state index is 11.9. The molecule has 0 aliphatic carbocycles. The van der Waals surface area contributed by atoms with E-state index < -0.39 is 0 Å². The molecule has 0 spiro atoms. The lowest BCUT2D eigenvalue weighted by Gasteiger charge is -2.05. The largest absolute Gasteiger partial charge is 0.326 e. The number of hydrogen-bond donors (Lipinski definition) is 2. The molecule has 24 heavy (non-hydrogen) atoms. The summed E-state index contributed by atoms with van der Waals surface area (Å²) in [6.07, 6.45) is 4.38. The zero-order valence-electron chi connectivity index (χ0n) is 13.6. The maximum absolute atomic E-state index is 11.9. The van der Waals surface area contributed by atoms with Gasteiger partial charge in [0, 0.05) is 40.6 Å². The molecule has 3 heterocycles. The minimum Gasteiger partial charge on any atom is -0.326 e. The zero-order chi connectivity index (χ0) is 16.9. The summed E-state index contributed by atoms with van der Waals surface area (Å²) in [5.41, 5.74) is 4.02. The highest BCUT2D eigenvalue weighted by atomic mass is 32.2. The Kier molecular flexibility index (Phi) is 5.50. The van der Waals surface area contributed by atoms with Crippen LogP contribution >= 0.6 is 23.3 Å². The van der Waals surface area contributed by atoms with E-state index in [1.807, 2.05) is 32.2 Å². The van der Waals surface area contributed by atoms with Gasteiger partial charge in [-0.25, -0.2) is 0 Å². The number of rotatable bonds is 6. The van der Waals surface area contributed by atoms with Crippen molar-refractivity contribution >= 4 is 23.3 Å². The van der Waals surface area contributed by atoms with Gasteiger partial charge >= 0.3 is 0 Å². The fourth-order valence-electron chi connectivity index (χ4n) is 2.40. The first kappa shape index (κ1) is 17.0. The van der Waals surface area contributed by atoms with Gasteiger partial charge < -0.3 is 4.98 Å². The van der Waals surface area contributed by atoms with Crippen LogP contribution in [0.15, 0.2) is 51.7 Å². The lowest BCUT2D eigenvalue weighted by atomic mass is 10.1. The number of aromatic amines is 1. The van der Waals surface area contributed by atoms with E-state index in [2.05, 4.69) is 32.9 Å². The molecular formula is C18H19N3OS2. The summed E-state index contributed by atoms with van der Waals surface area (Å²) in [6.45, 7) is 4.72. The topological polar surface area (TPSA) is 57.8 Å². The second-order valence-electron chi connectivity index (χ2n) is 5.42. The molecule has 4 nitrogen and oxygen atoms in total. The first-order chi connectivity index (χ1) is 11.7. The molecule has 3 aromatic rings. The number of aromatic nitrogens is 2. The SMILES string of the molecule is CCc1cc(-c2ccc(SNCc3cccnc3)s2)c(C)[nH]c1=O. The minimum atomic E-state index is 0.0167. The predicted molar refractivity (Wildman–Crippen MR) is 101 cm³/mol. The van der Waals surface area contributed by atoms with E-state index in [-0.39, 0.29) is 5.56 Å². The summed E-state index contributed by atoms with van der Waals surface area (Å²) in [6, 6.07) is 10.2. The molecule has 124 valence electrons. The second-order valence-corrected chi connectivity index (χ2v) is 7.69. The number of aryl methyl sites for hydroxylation is 2. The molecule has 0 aliphatic rings. The van der Waals surface area contributed by atoms with E-state index in [4.69, 9.17) is 0 Å². The zero-order valence-corrected chi connectivity index (χ0v) is 15.3. The van der Waals surface area contributed by atoms with Crippen LogP contribution in [-0.2, 0) is 13.0 Å². The Labute approximate surface area is 149 Å². The first-order valence-electron chi connectivity index (χ1n) is 7.79. The molecule has 0 saturated carbocycles. The van der Waals surface area contributed by atoms with Crippen molar-refractivity contribution in [3.63, 3.8) is 0 Å². The van der Waals surface area contributed by atoms with Gasteiger partial charge in [-0.05, 0) is 55.1 Å². The van der Waals surface area contributed by atoms with Crippen molar-refractivity contribution in [1.82, 2.24) is 14.7 Å². The van der Waals surface area contributed by atoms with Crippen LogP contribution in [0.1, 0.15) is 23.7 Å². The van der Waals surface area contributed by atoms with Crippen molar-refractivity contribution in [2.45, 2.75) is 31.0 Å². The van der Waals surface area contributed by atoms with Crippen LogP contribution in [0.3, 0.4) is 0 Å². The average Bonchev–Trinajstić information content (AvgIpc) is 3.04. The molecular weight excluding hydrogens is 338 g/mol. The van der Waals surface area contributed by atoms with Crippen LogP contribution < -0.4 is 10.3 Å². The van der Waals surface area contributed by atoms with Crippen molar-refractivity contribution in [1.29, 1.82) is 0 Å². The third-order valence-corrected chi connectivity index (χ3v) is 5.75. The summed E-state index contributed by atoms with van der Waals surface area (Å²) >= 11 is 3.34. The van der Waals surface area contributed by atoms with E-state index in [1.165, 1.54) is 9.09 Å². The van der Waals surface area contributed by atoms with Crippen LogP contribution in [-0.4, -0.2) is 9.97 Å². The first-order valence-corrected chi connectivity index (χ1v) is 9.42. The highest BCUT2D eigenvalue weighted by molar-refractivity contribution is 7.99. The third-order valence-electron chi connectivity index (χ3n) is 3.71. The quantitative estimate of drug-likeness (QED) is 0.650. The van der Waals surface area contributed by atoms with E-state index in [9.17, 15) is 4.79 Å². The summed E-state index contributed by atoms with van der Waals surface area (Å²) < 4.78 is 4.55. The van der Waals surface area contributed by atoms with Gasteiger partial charge in [0.25, 0.3) is 5.56 Å². The van der Waals surface area contributed by atoms with Gasteiger partial charge in [-0.1, -0.05) is 13.0 Å². The molecule has 0 aliphatic heterocycles. The fraction of sp³-hybridized carbons (Fsp3) is 0.222. The third kappa shape index (κ3) is 3.95. The molecule has 0 unspecified atom stereocenters. The molecule has 6 heteroatoms. The number of H-pyrrole nitrogens is 1. The molecule has 2 N–H and O–H groups in total. The molecule has 0 atom stereocenters. The smallest absolute Gasteiger partial charge is 0.251 e. The number of nitrogens with zero attached hydrogens (tertiary/aromatic N) is 1. The van der Waals surface area contributed by atoms with Crippen LogP contribution in [0.25, 0.3) is 10.4 Å². The lowest BCUT2D eigenvalue weighted by molar-refractivity contribution is 0.964. The Balaban J connectivity index is 1.70. The number of thiophene rings is 1. The van der Waals surface area contributed by atoms with Crippen LogP contribution in [0, 0.1) is 6.92 Å². The van der Waals surface area contributed by atoms with Crippen LogP contribution in [0.2, 0.25) is 0 Å². The van der Waals surface area contributed by atoms with Gasteiger partial charge in [-0.3, -0.25) is 14.5 Å². The molecule has 0 radical (unpaired) electrons. The molecule has 3 aromatic heterocycles. The second kappa shape index (κ2) is 7.79. The molecule has 0 saturated heterocycles. The Morgan fingerprint density at radius 2 is 2.21 bits per heavy atom. The van der Waals surface area contributed by atoms with Gasteiger partial charge in [-0.2, -0.15) is 0 Å². The number of pyridine rings is 2. The summed E-state index contributed by atoms with van der Waals surface area (Å²) in [7, 11) is 0. The van der Waals surface area contributed by atoms with Crippen molar-refractivity contribution < 1.29 is 0 Å². The highest BCUT2D eigenvalue weighted by Gasteiger charge is 2.09. The Bertz CT molecular complexity index is 871. The highest BCUT2D eigenvalue weighted by Crippen LogP contribution is 2.34.